The van der Waals surface area contributed by atoms with Crippen LogP contribution in [0.15, 0.2) is 30.5 Å². The molecule has 10 N–H and O–H groups in total. The second-order valence-corrected chi connectivity index (χ2v) is 10.8. The van der Waals surface area contributed by atoms with E-state index in [1.54, 1.807) is 6.20 Å². The number of piperidine rings is 1. The predicted octanol–water partition coefficient (Wildman–Crippen LogP) is -0.725. The molecule has 1 fully saturated rings. The first kappa shape index (κ1) is 33.8. The van der Waals surface area contributed by atoms with E-state index in [9.17, 15) is 28.8 Å². The fourth-order valence-corrected chi connectivity index (χ4v) is 5.25. The zero-order valence-electron chi connectivity index (χ0n) is 24.8. The maximum absolute atomic E-state index is 13.7. The Morgan fingerprint density at radius 3 is 2.50 bits per heavy atom. The Morgan fingerprint density at radius 1 is 1.05 bits per heavy atom. The molecule has 1 aromatic carbocycles. The van der Waals surface area contributed by atoms with Crippen LogP contribution >= 0.6 is 0 Å². The number of methoxy groups -OCH3 is 1. The molecule has 0 aliphatic carbocycles. The smallest absolute Gasteiger partial charge is 0.312 e. The highest BCUT2D eigenvalue weighted by molar-refractivity contribution is 5.95. The summed E-state index contributed by atoms with van der Waals surface area (Å²) in [6.07, 6.45) is 4.00. The van der Waals surface area contributed by atoms with E-state index in [0.29, 0.717) is 32.2 Å². The summed E-state index contributed by atoms with van der Waals surface area (Å²) in [6, 6.07) is 2.68. The Kier molecular flexibility index (Phi) is 12.5. The third-order valence-electron chi connectivity index (χ3n) is 7.65. The SMILES string of the molecule is COC(=O)CC[C@H](N)C(=O)N1CCCC[C@H]1C(=O)N[C@@H](Cc1c[nH]c2ccccc12)C(=O)N[C@@H](CCCNC(N)=O)C(N)=O. The lowest BCUT2D eigenvalue weighted by Crippen LogP contribution is -2.60. The van der Waals surface area contributed by atoms with E-state index in [-0.39, 0.29) is 32.2 Å². The standard InChI is InChI=1S/C29H42N8O7/c1-44-24(38)12-11-19(30)28(42)37-14-5-4-10-23(37)27(41)36-22(15-17-16-34-20-8-3-2-7-18(17)20)26(40)35-21(25(31)39)9-6-13-33-29(32)43/h2-3,7-8,16,19,21-23,34H,4-6,9-15,30H2,1H3,(H2,31,39)(H,35,40)(H,36,41)(H3,32,33,43)/t19-,21-,22-,23-/m0/s1. The summed E-state index contributed by atoms with van der Waals surface area (Å²) in [4.78, 5) is 79.7. The summed E-state index contributed by atoms with van der Waals surface area (Å²) in [5.41, 5.74) is 18.3. The van der Waals surface area contributed by atoms with Crippen LogP contribution in [0.5, 0.6) is 0 Å². The Balaban J connectivity index is 1.79. The number of hydrogen-bond acceptors (Lipinski definition) is 8. The molecule has 3 rings (SSSR count). The number of esters is 1. The highest BCUT2D eigenvalue weighted by Gasteiger charge is 2.36. The van der Waals surface area contributed by atoms with Crippen LogP contribution in [0.4, 0.5) is 4.79 Å². The van der Waals surface area contributed by atoms with Crippen molar-refractivity contribution in [3.05, 3.63) is 36.0 Å². The van der Waals surface area contributed by atoms with Gasteiger partial charge in [-0.05, 0) is 50.2 Å². The van der Waals surface area contributed by atoms with Crippen LogP contribution in [-0.4, -0.2) is 89.9 Å². The van der Waals surface area contributed by atoms with Crippen molar-refractivity contribution in [3.8, 4) is 0 Å². The summed E-state index contributed by atoms with van der Waals surface area (Å²) >= 11 is 0. The molecule has 44 heavy (non-hydrogen) atoms. The summed E-state index contributed by atoms with van der Waals surface area (Å²) in [7, 11) is 1.25. The van der Waals surface area contributed by atoms with Gasteiger partial charge in [0.15, 0.2) is 0 Å². The number of amides is 6. The van der Waals surface area contributed by atoms with Crippen molar-refractivity contribution >= 4 is 46.5 Å². The van der Waals surface area contributed by atoms with Crippen LogP contribution in [0.3, 0.4) is 0 Å². The predicted molar refractivity (Wildman–Crippen MR) is 160 cm³/mol. The molecule has 1 aliphatic rings. The van der Waals surface area contributed by atoms with E-state index in [2.05, 4.69) is 25.7 Å². The normalized spacial score (nSPS) is 16.8. The number of urea groups is 1. The number of para-hydroxylation sites is 1. The molecule has 2 heterocycles. The monoisotopic (exact) mass is 614 g/mol. The molecule has 4 atom stereocenters. The average Bonchev–Trinajstić information content (AvgIpc) is 3.42. The largest absolute Gasteiger partial charge is 0.469 e. The van der Waals surface area contributed by atoms with E-state index in [1.165, 1.54) is 12.0 Å². The summed E-state index contributed by atoms with van der Waals surface area (Å²) < 4.78 is 4.63. The number of aromatic amines is 1. The van der Waals surface area contributed by atoms with Crippen LogP contribution in [0, 0.1) is 0 Å². The maximum atomic E-state index is 13.7. The van der Waals surface area contributed by atoms with Gasteiger partial charge in [-0.3, -0.25) is 24.0 Å². The number of nitrogens with one attached hydrogen (secondary N) is 4. The zero-order valence-corrected chi connectivity index (χ0v) is 24.8. The number of rotatable bonds is 15. The highest BCUT2D eigenvalue weighted by atomic mass is 16.5. The van der Waals surface area contributed by atoms with Gasteiger partial charge in [-0.15, -0.1) is 0 Å². The first-order valence-corrected chi connectivity index (χ1v) is 14.6. The number of fused-ring (bicyclic) bond motifs is 1. The summed E-state index contributed by atoms with van der Waals surface area (Å²) in [5.74, 6) is -2.92. The molecule has 6 amide bonds. The lowest BCUT2D eigenvalue weighted by atomic mass is 9.98. The molecule has 2 aromatic rings. The quantitative estimate of drug-likeness (QED) is 0.0994. The lowest BCUT2D eigenvalue weighted by molar-refractivity contribution is -0.145. The highest BCUT2D eigenvalue weighted by Crippen LogP contribution is 2.22. The Labute approximate surface area is 254 Å². The van der Waals surface area contributed by atoms with Gasteiger partial charge in [-0.1, -0.05) is 18.2 Å². The molecule has 0 bridgehead atoms. The number of hydrogen-bond donors (Lipinski definition) is 7. The molecular weight excluding hydrogens is 572 g/mol. The number of aromatic nitrogens is 1. The van der Waals surface area contributed by atoms with Gasteiger partial charge < -0.3 is 47.8 Å². The average molecular weight is 615 g/mol. The minimum absolute atomic E-state index is 0.0411. The number of nitrogens with two attached hydrogens (primary N) is 3. The molecule has 0 radical (unpaired) electrons. The number of benzene rings is 1. The molecule has 240 valence electrons. The number of nitrogens with zero attached hydrogens (tertiary/aromatic N) is 1. The van der Waals surface area contributed by atoms with Gasteiger partial charge in [0.1, 0.15) is 18.1 Å². The first-order chi connectivity index (χ1) is 21.0. The van der Waals surface area contributed by atoms with Crippen molar-refractivity contribution in [2.75, 3.05) is 20.2 Å². The van der Waals surface area contributed by atoms with Crippen molar-refractivity contribution in [3.63, 3.8) is 0 Å². The van der Waals surface area contributed by atoms with Gasteiger partial charge in [0.2, 0.25) is 23.6 Å². The van der Waals surface area contributed by atoms with Crippen LogP contribution in [-0.2, 0) is 35.1 Å². The second kappa shape index (κ2) is 16.3. The molecule has 0 spiro atoms. The zero-order chi connectivity index (χ0) is 32.2. The number of H-pyrrole nitrogens is 1. The molecule has 15 heteroatoms. The van der Waals surface area contributed by atoms with Gasteiger partial charge in [0, 0.05) is 43.0 Å². The molecular formula is C29H42N8O7. The molecule has 1 aliphatic heterocycles. The van der Waals surface area contributed by atoms with Crippen LogP contribution in [0.25, 0.3) is 10.9 Å². The molecule has 15 nitrogen and oxygen atoms in total. The van der Waals surface area contributed by atoms with Crippen molar-refractivity contribution in [1.29, 1.82) is 0 Å². The van der Waals surface area contributed by atoms with E-state index < -0.39 is 59.8 Å². The number of carbonyl (C=O) groups excluding carboxylic acids is 6. The molecule has 0 saturated carbocycles. The fraction of sp³-hybridized carbons (Fsp3) is 0.517. The fourth-order valence-electron chi connectivity index (χ4n) is 5.25. The van der Waals surface area contributed by atoms with Crippen LogP contribution in [0.2, 0.25) is 0 Å². The Hall–Kier alpha value is -4.66. The van der Waals surface area contributed by atoms with Gasteiger partial charge in [0.25, 0.3) is 0 Å². The van der Waals surface area contributed by atoms with Gasteiger partial charge in [0.05, 0.1) is 13.2 Å². The third-order valence-corrected chi connectivity index (χ3v) is 7.65. The number of primary amides is 2. The van der Waals surface area contributed by atoms with E-state index in [1.807, 2.05) is 24.3 Å². The number of ether oxygens (including phenoxy) is 1. The minimum Gasteiger partial charge on any atom is -0.469 e. The Bertz CT molecular complexity index is 1350. The number of carbonyl (C=O) groups is 6. The van der Waals surface area contributed by atoms with Crippen molar-refractivity contribution in [2.24, 2.45) is 17.2 Å². The maximum Gasteiger partial charge on any atom is 0.312 e. The minimum atomic E-state index is -1.13. The summed E-state index contributed by atoms with van der Waals surface area (Å²) in [5, 5.41) is 8.70. The van der Waals surface area contributed by atoms with Gasteiger partial charge in [-0.25, -0.2) is 4.79 Å². The van der Waals surface area contributed by atoms with E-state index in [0.717, 1.165) is 16.5 Å². The lowest BCUT2D eigenvalue weighted by Gasteiger charge is -2.37. The van der Waals surface area contributed by atoms with Crippen LogP contribution in [0.1, 0.15) is 50.5 Å². The van der Waals surface area contributed by atoms with E-state index in [4.69, 9.17) is 17.2 Å². The molecule has 1 saturated heterocycles. The molecule has 1 aromatic heterocycles. The van der Waals surface area contributed by atoms with E-state index >= 15 is 0 Å². The number of likely N-dealkylation sites (tertiary alicyclic amines) is 1. The van der Waals surface area contributed by atoms with Crippen molar-refractivity contribution in [1.82, 2.24) is 25.8 Å². The topological polar surface area (TPSA) is 245 Å². The van der Waals surface area contributed by atoms with Crippen LogP contribution < -0.4 is 33.2 Å². The first-order valence-electron chi connectivity index (χ1n) is 14.6. The molecule has 0 unspecified atom stereocenters. The van der Waals surface area contributed by atoms with Crippen molar-refractivity contribution in [2.45, 2.75) is 75.5 Å². The van der Waals surface area contributed by atoms with Gasteiger partial charge in [-0.2, -0.15) is 0 Å². The third kappa shape index (κ3) is 9.42. The van der Waals surface area contributed by atoms with Gasteiger partial charge >= 0.3 is 12.0 Å². The van der Waals surface area contributed by atoms with Crippen molar-refractivity contribution < 1.29 is 33.5 Å². The second-order valence-electron chi connectivity index (χ2n) is 10.8. The summed E-state index contributed by atoms with van der Waals surface area (Å²) in [6.45, 7) is 0.475. The Morgan fingerprint density at radius 2 is 1.80 bits per heavy atom.